The number of amides is 1. The Kier molecular flexibility index (Phi) is 4.41. The second kappa shape index (κ2) is 6.06. The molecule has 0 fully saturated rings. The largest absolute Gasteiger partial charge is 0.483 e. The van der Waals surface area contributed by atoms with Gasteiger partial charge in [-0.15, -0.1) is 0 Å². The maximum Gasteiger partial charge on any atom is 0.301 e. The van der Waals surface area contributed by atoms with Crippen molar-refractivity contribution in [1.29, 1.82) is 0 Å². The Morgan fingerprint density at radius 3 is 2.95 bits per heavy atom. The molecule has 0 radical (unpaired) electrons. The summed E-state index contributed by atoms with van der Waals surface area (Å²) in [5, 5.41) is 0. The van der Waals surface area contributed by atoms with Crippen LogP contribution in [-0.4, -0.2) is 5.91 Å². The van der Waals surface area contributed by atoms with Gasteiger partial charge in [-0.3, -0.25) is 10.2 Å². The van der Waals surface area contributed by atoms with Gasteiger partial charge >= 0.3 is 5.91 Å². The number of rotatable bonds is 4. The SMILES string of the molecule is Cc1cc(COc2cc(Br)ccc2F)oc1C(=O)NN. The van der Waals surface area contributed by atoms with Gasteiger partial charge < -0.3 is 9.15 Å². The minimum atomic E-state index is -0.526. The van der Waals surface area contributed by atoms with E-state index in [-0.39, 0.29) is 18.1 Å². The molecule has 0 bridgehead atoms. The van der Waals surface area contributed by atoms with Gasteiger partial charge in [-0.25, -0.2) is 10.2 Å². The smallest absolute Gasteiger partial charge is 0.301 e. The molecule has 1 aromatic carbocycles. The van der Waals surface area contributed by atoms with Crippen molar-refractivity contribution in [2.75, 3.05) is 0 Å². The summed E-state index contributed by atoms with van der Waals surface area (Å²) in [4.78, 5) is 11.4. The van der Waals surface area contributed by atoms with E-state index in [2.05, 4.69) is 15.9 Å². The molecule has 5 nitrogen and oxygen atoms in total. The van der Waals surface area contributed by atoms with E-state index in [1.165, 1.54) is 12.1 Å². The third kappa shape index (κ3) is 3.17. The Morgan fingerprint density at radius 2 is 2.25 bits per heavy atom. The molecular formula is C13H12BrFN2O3. The van der Waals surface area contributed by atoms with Crippen LogP contribution in [0.2, 0.25) is 0 Å². The Morgan fingerprint density at radius 1 is 1.50 bits per heavy atom. The van der Waals surface area contributed by atoms with E-state index in [1.807, 2.05) is 5.43 Å². The number of hydrazine groups is 1. The van der Waals surface area contributed by atoms with Crippen LogP contribution in [0.15, 0.2) is 33.2 Å². The molecule has 2 rings (SSSR count). The molecule has 1 heterocycles. The van der Waals surface area contributed by atoms with Gasteiger partial charge in [0, 0.05) is 10.0 Å². The molecule has 0 aliphatic heterocycles. The van der Waals surface area contributed by atoms with Gasteiger partial charge in [0.15, 0.2) is 17.3 Å². The van der Waals surface area contributed by atoms with E-state index in [0.29, 0.717) is 15.8 Å². The zero-order chi connectivity index (χ0) is 14.7. The Bertz CT molecular complexity index is 643. The molecule has 106 valence electrons. The Balaban J connectivity index is 2.11. The molecule has 0 unspecified atom stereocenters. The molecule has 0 aliphatic carbocycles. The third-order valence-corrected chi connectivity index (χ3v) is 3.06. The van der Waals surface area contributed by atoms with Gasteiger partial charge in [0.2, 0.25) is 0 Å². The number of halogens is 2. The molecule has 20 heavy (non-hydrogen) atoms. The molecule has 3 N–H and O–H groups in total. The van der Waals surface area contributed by atoms with Crippen molar-refractivity contribution in [2.24, 2.45) is 5.84 Å². The van der Waals surface area contributed by atoms with Crippen molar-refractivity contribution in [3.05, 3.63) is 51.6 Å². The molecule has 0 aliphatic rings. The maximum absolute atomic E-state index is 13.5. The summed E-state index contributed by atoms with van der Waals surface area (Å²) >= 11 is 3.23. The second-order valence-corrected chi connectivity index (χ2v) is 4.98. The van der Waals surface area contributed by atoms with E-state index in [1.54, 1.807) is 19.1 Å². The van der Waals surface area contributed by atoms with Gasteiger partial charge in [0.1, 0.15) is 12.4 Å². The van der Waals surface area contributed by atoms with Crippen LogP contribution in [-0.2, 0) is 6.61 Å². The first-order valence-corrected chi connectivity index (χ1v) is 6.48. The van der Waals surface area contributed by atoms with Crippen molar-refractivity contribution in [3.63, 3.8) is 0 Å². The molecule has 0 atom stereocenters. The summed E-state index contributed by atoms with van der Waals surface area (Å²) in [7, 11) is 0. The molecule has 7 heteroatoms. The zero-order valence-corrected chi connectivity index (χ0v) is 12.2. The zero-order valence-electron chi connectivity index (χ0n) is 10.6. The lowest BCUT2D eigenvalue weighted by Gasteiger charge is -2.05. The first kappa shape index (κ1) is 14.5. The minimum absolute atomic E-state index is 0.00602. The summed E-state index contributed by atoms with van der Waals surface area (Å²) < 4.78 is 24.8. The van der Waals surface area contributed by atoms with Crippen LogP contribution >= 0.6 is 15.9 Å². The predicted octanol–water partition coefficient (Wildman–Crippen LogP) is 2.67. The number of benzene rings is 1. The first-order valence-electron chi connectivity index (χ1n) is 5.69. The van der Waals surface area contributed by atoms with E-state index in [0.717, 1.165) is 0 Å². The number of aryl methyl sites for hydroxylation is 1. The van der Waals surface area contributed by atoms with Crippen LogP contribution < -0.4 is 16.0 Å². The number of carbonyl (C=O) groups excluding carboxylic acids is 1. The van der Waals surface area contributed by atoms with Crippen molar-refractivity contribution in [1.82, 2.24) is 5.43 Å². The summed E-state index contributed by atoms with van der Waals surface area (Å²) in [6, 6.07) is 6.02. The highest BCUT2D eigenvalue weighted by molar-refractivity contribution is 9.10. The number of hydrogen-bond acceptors (Lipinski definition) is 4. The van der Waals surface area contributed by atoms with E-state index in [9.17, 15) is 9.18 Å². The van der Waals surface area contributed by atoms with Gasteiger partial charge in [-0.2, -0.15) is 0 Å². The summed E-state index contributed by atoms with van der Waals surface area (Å²) in [6.07, 6.45) is 0. The third-order valence-electron chi connectivity index (χ3n) is 2.57. The lowest BCUT2D eigenvalue weighted by molar-refractivity contribution is 0.0921. The van der Waals surface area contributed by atoms with E-state index in [4.69, 9.17) is 15.0 Å². The molecule has 0 saturated carbocycles. The molecule has 2 aromatic rings. The highest BCUT2D eigenvalue weighted by atomic mass is 79.9. The Hall–Kier alpha value is -1.86. The van der Waals surface area contributed by atoms with Crippen LogP contribution in [0, 0.1) is 12.7 Å². The number of nitrogen functional groups attached to an aromatic ring is 1. The van der Waals surface area contributed by atoms with Gasteiger partial charge in [0.05, 0.1) is 0 Å². The van der Waals surface area contributed by atoms with Gasteiger partial charge in [0.25, 0.3) is 0 Å². The minimum Gasteiger partial charge on any atom is -0.483 e. The van der Waals surface area contributed by atoms with Gasteiger partial charge in [-0.05, 0) is 31.2 Å². The van der Waals surface area contributed by atoms with Crippen LogP contribution in [0.1, 0.15) is 21.9 Å². The molecule has 0 saturated heterocycles. The van der Waals surface area contributed by atoms with Crippen LogP contribution in [0.25, 0.3) is 0 Å². The van der Waals surface area contributed by atoms with Gasteiger partial charge in [-0.1, -0.05) is 15.9 Å². The number of hydrogen-bond donors (Lipinski definition) is 2. The fourth-order valence-electron chi connectivity index (χ4n) is 1.65. The molecule has 0 spiro atoms. The highest BCUT2D eigenvalue weighted by Gasteiger charge is 2.15. The maximum atomic E-state index is 13.5. The number of nitrogens with two attached hydrogens (primary N) is 1. The fourth-order valence-corrected chi connectivity index (χ4v) is 1.99. The lowest BCUT2D eigenvalue weighted by atomic mass is 10.2. The topological polar surface area (TPSA) is 77.5 Å². The Labute approximate surface area is 123 Å². The lowest BCUT2D eigenvalue weighted by Crippen LogP contribution is -2.30. The highest BCUT2D eigenvalue weighted by Crippen LogP contribution is 2.24. The average Bonchev–Trinajstić information content (AvgIpc) is 2.80. The summed E-state index contributed by atoms with van der Waals surface area (Å²) in [5.41, 5.74) is 2.61. The number of nitrogens with one attached hydrogen (secondary N) is 1. The molecule has 1 aromatic heterocycles. The second-order valence-electron chi connectivity index (χ2n) is 4.06. The van der Waals surface area contributed by atoms with E-state index < -0.39 is 11.7 Å². The molecular weight excluding hydrogens is 331 g/mol. The average molecular weight is 343 g/mol. The standard InChI is InChI=1S/C13H12BrFN2O3/c1-7-4-9(20-12(7)13(18)17-16)6-19-11-5-8(14)2-3-10(11)15/h2-5H,6,16H2,1H3,(H,17,18). The quantitative estimate of drug-likeness (QED) is 0.508. The monoisotopic (exact) mass is 342 g/mol. The molecule has 1 amide bonds. The summed E-state index contributed by atoms with van der Waals surface area (Å²) in [5.74, 6) is 4.65. The normalized spacial score (nSPS) is 10.4. The number of ether oxygens (including phenoxy) is 1. The van der Waals surface area contributed by atoms with Crippen LogP contribution in [0.5, 0.6) is 5.75 Å². The first-order chi connectivity index (χ1) is 9.51. The fraction of sp³-hybridized carbons (Fsp3) is 0.154. The predicted molar refractivity (Wildman–Crippen MR) is 73.5 cm³/mol. The van der Waals surface area contributed by atoms with Crippen LogP contribution in [0.3, 0.4) is 0 Å². The summed E-state index contributed by atoms with van der Waals surface area (Å²) in [6.45, 7) is 1.71. The van der Waals surface area contributed by atoms with Crippen molar-refractivity contribution >= 4 is 21.8 Å². The van der Waals surface area contributed by atoms with E-state index >= 15 is 0 Å². The van der Waals surface area contributed by atoms with Crippen molar-refractivity contribution in [3.8, 4) is 5.75 Å². The van der Waals surface area contributed by atoms with Crippen molar-refractivity contribution < 1.29 is 18.3 Å². The van der Waals surface area contributed by atoms with Crippen molar-refractivity contribution in [2.45, 2.75) is 13.5 Å². The number of furan rings is 1. The van der Waals surface area contributed by atoms with Crippen LogP contribution in [0.4, 0.5) is 4.39 Å². The number of carbonyl (C=O) groups is 1.